The van der Waals surface area contributed by atoms with Gasteiger partial charge in [-0.1, -0.05) is 20.8 Å². The van der Waals surface area contributed by atoms with Gasteiger partial charge in [-0.2, -0.15) is 0 Å². The summed E-state index contributed by atoms with van der Waals surface area (Å²) in [5.41, 5.74) is 6.90. The first-order valence-corrected chi connectivity index (χ1v) is 9.06. The second kappa shape index (κ2) is 7.06. The Morgan fingerprint density at radius 3 is 2.25 bits per heavy atom. The highest BCUT2D eigenvalue weighted by Crippen LogP contribution is 2.33. The van der Waals surface area contributed by atoms with Crippen LogP contribution in [0.25, 0.3) is 0 Å². The van der Waals surface area contributed by atoms with Crippen molar-refractivity contribution in [3.8, 4) is 0 Å². The summed E-state index contributed by atoms with van der Waals surface area (Å²) in [7, 11) is 0. The Morgan fingerprint density at radius 2 is 1.75 bits per heavy atom. The molecule has 1 saturated heterocycles. The molecule has 20 heavy (non-hydrogen) atoms. The molecule has 0 aliphatic carbocycles. The molecule has 0 aromatic carbocycles. The van der Waals surface area contributed by atoms with Gasteiger partial charge in [0.25, 0.3) is 0 Å². The van der Waals surface area contributed by atoms with E-state index in [1.165, 1.54) is 35.7 Å². The maximum Gasteiger partial charge on any atom is 0.0358 e. The van der Waals surface area contributed by atoms with Crippen LogP contribution in [0.2, 0.25) is 0 Å². The van der Waals surface area contributed by atoms with Gasteiger partial charge in [-0.05, 0) is 63.7 Å². The molecule has 0 amide bonds. The van der Waals surface area contributed by atoms with E-state index in [9.17, 15) is 0 Å². The monoisotopic (exact) mass is 294 g/mol. The minimum atomic E-state index is 0.201. The normalized spacial score (nSPS) is 18.6. The van der Waals surface area contributed by atoms with E-state index >= 15 is 0 Å². The zero-order valence-electron chi connectivity index (χ0n) is 13.3. The number of likely N-dealkylation sites (tertiary alicyclic amines) is 1. The van der Waals surface area contributed by atoms with E-state index in [-0.39, 0.29) is 11.6 Å². The van der Waals surface area contributed by atoms with Crippen molar-refractivity contribution < 1.29 is 0 Å². The van der Waals surface area contributed by atoms with Crippen LogP contribution in [0.5, 0.6) is 0 Å². The molecule has 0 radical (unpaired) electrons. The maximum absolute atomic E-state index is 6.70. The summed E-state index contributed by atoms with van der Waals surface area (Å²) in [6, 6.07) is 4.80. The topological polar surface area (TPSA) is 29.3 Å². The predicted octanol–water partition coefficient (Wildman–Crippen LogP) is 3.83. The van der Waals surface area contributed by atoms with E-state index < -0.39 is 0 Å². The van der Waals surface area contributed by atoms with Crippen molar-refractivity contribution in [2.75, 3.05) is 13.1 Å². The van der Waals surface area contributed by atoms with E-state index in [0.29, 0.717) is 0 Å². The van der Waals surface area contributed by atoms with Crippen LogP contribution < -0.4 is 5.73 Å². The van der Waals surface area contributed by atoms with Crippen LogP contribution in [0.15, 0.2) is 12.1 Å². The van der Waals surface area contributed by atoms with Gasteiger partial charge >= 0.3 is 0 Å². The lowest BCUT2D eigenvalue weighted by molar-refractivity contribution is 0.0771. The predicted molar refractivity (Wildman–Crippen MR) is 89.5 cm³/mol. The molecule has 2 heterocycles. The third-order valence-electron chi connectivity index (χ3n) is 5.14. The number of nitrogens with zero attached hydrogens (tertiary/aromatic N) is 1. The van der Waals surface area contributed by atoms with Gasteiger partial charge in [0.2, 0.25) is 0 Å². The van der Waals surface area contributed by atoms with Crippen LogP contribution in [-0.2, 0) is 12.8 Å². The van der Waals surface area contributed by atoms with Gasteiger partial charge in [0, 0.05) is 21.3 Å². The third kappa shape index (κ3) is 3.10. The number of nitrogens with two attached hydrogens (primary N) is 1. The number of rotatable bonds is 7. The molecule has 1 aromatic rings. The summed E-state index contributed by atoms with van der Waals surface area (Å²) in [6.45, 7) is 9.32. The van der Waals surface area contributed by atoms with Crippen molar-refractivity contribution in [3.05, 3.63) is 21.9 Å². The van der Waals surface area contributed by atoms with Gasteiger partial charge in [-0.3, -0.25) is 4.90 Å². The molecule has 3 heteroatoms. The van der Waals surface area contributed by atoms with E-state index in [4.69, 9.17) is 5.73 Å². The minimum Gasteiger partial charge on any atom is -0.326 e. The van der Waals surface area contributed by atoms with Gasteiger partial charge in [-0.15, -0.1) is 11.3 Å². The fourth-order valence-electron chi connectivity index (χ4n) is 3.75. The Labute approximate surface area is 128 Å². The SMILES string of the molecule is CCc1ccc(CC(N)C(CC)(CC)N2CCCC2)s1. The number of hydrogen-bond donors (Lipinski definition) is 1. The van der Waals surface area contributed by atoms with Crippen LogP contribution in [0.3, 0.4) is 0 Å². The summed E-state index contributed by atoms with van der Waals surface area (Å²) in [5, 5.41) is 0. The van der Waals surface area contributed by atoms with Gasteiger partial charge in [0.15, 0.2) is 0 Å². The van der Waals surface area contributed by atoms with Crippen LogP contribution in [0.1, 0.15) is 56.2 Å². The summed E-state index contributed by atoms with van der Waals surface area (Å²) in [6.07, 6.45) is 7.18. The Bertz CT molecular complexity index is 403. The van der Waals surface area contributed by atoms with Crippen LogP contribution >= 0.6 is 11.3 Å². The Balaban J connectivity index is 2.11. The van der Waals surface area contributed by atoms with Crippen LogP contribution in [0, 0.1) is 0 Å². The molecule has 114 valence electrons. The Hall–Kier alpha value is -0.380. The highest BCUT2D eigenvalue weighted by molar-refractivity contribution is 7.11. The molecule has 2 N–H and O–H groups in total. The quantitative estimate of drug-likeness (QED) is 0.828. The van der Waals surface area contributed by atoms with E-state index in [2.05, 4.69) is 37.8 Å². The molecule has 1 aliphatic heterocycles. The molecule has 0 spiro atoms. The molecule has 1 atom stereocenters. The Kier molecular flexibility index (Phi) is 5.65. The zero-order chi connectivity index (χ0) is 14.6. The molecule has 1 aliphatic rings. The molecule has 0 bridgehead atoms. The lowest BCUT2D eigenvalue weighted by Gasteiger charge is -2.45. The molecule has 1 aromatic heterocycles. The van der Waals surface area contributed by atoms with Crippen LogP contribution in [0.4, 0.5) is 0 Å². The molecule has 2 nitrogen and oxygen atoms in total. The summed E-state index contributed by atoms with van der Waals surface area (Å²) in [5.74, 6) is 0. The second-order valence-corrected chi connectivity index (χ2v) is 7.29. The molecule has 2 rings (SSSR count). The number of hydrogen-bond acceptors (Lipinski definition) is 3. The van der Waals surface area contributed by atoms with E-state index in [0.717, 1.165) is 25.7 Å². The minimum absolute atomic E-state index is 0.201. The summed E-state index contributed by atoms with van der Waals surface area (Å²) < 4.78 is 0. The van der Waals surface area contributed by atoms with Crippen LogP contribution in [-0.4, -0.2) is 29.6 Å². The average molecular weight is 295 g/mol. The fourth-order valence-corrected chi connectivity index (χ4v) is 4.76. The molecule has 1 fully saturated rings. The van der Waals surface area contributed by atoms with Gasteiger partial charge < -0.3 is 5.73 Å². The van der Waals surface area contributed by atoms with Gasteiger partial charge in [0.05, 0.1) is 0 Å². The fraction of sp³-hybridized carbons (Fsp3) is 0.765. The van der Waals surface area contributed by atoms with E-state index in [1.54, 1.807) is 0 Å². The second-order valence-electron chi connectivity index (χ2n) is 6.04. The van der Waals surface area contributed by atoms with Crippen molar-refractivity contribution in [1.82, 2.24) is 4.90 Å². The number of aryl methyl sites for hydroxylation is 1. The van der Waals surface area contributed by atoms with Crippen molar-refractivity contribution in [3.63, 3.8) is 0 Å². The van der Waals surface area contributed by atoms with Crippen molar-refractivity contribution in [1.29, 1.82) is 0 Å². The zero-order valence-corrected chi connectivity index (χ0v) is 14.1. The Morgan fingerprint density at radius 1 is 1.15 bits per heavy atom. The van der Waals surface area contributed by atoms with Gasteiger partial charge in [0.1, 0.15) is 0 Å². The van der Waals surface area contributed by atoms with Crippen molar-refractivity contribution in [2.24, 2.45) is 5.73 Å². The van der Waals surface area contributed by atoms with Crippen molar-refractivity contribution >= 4 is 11.3 Å². The summed E-state index contributed by atoms with van der Waals surface area (Å²) in [4.78, 5) is 5.61. The molecular weight excluding hydrogens is 264 g/mol. The summed E-state index contributed by atoms with van der Waals surface area (Å²) >= 11 is 1.94. The smallest absolute Gasteiger partial charge is 0.0358 e. The lowest BCUT2D eigenvalue weighted by atomic mass is 9.81. The standard InChI is InChI=1S/C17H30N2S/c1-4-14-9-10-15(20-14)13-16(18)17(5-2,6-3)19-11-7-8-12-19/h9-10,16H,4-8,11-13,18H2,1-3H3. The first-order valence-electron chi connectivity index (χ1n) is 8.24. The van der Waals surface area contributed by atoms with Gasteiger partial charge in [-0.25, -0.2) is 0 Å². The highest BCUT2D eigenvalue weighted by Gasteiger charge is 2.40. The molecular formula is C17H30N2S. The maximum atomic E-state index is 6.70. The highest BCUT2D eigenvalue weighted by atomic mass is 32.1. The third-order valence-corrected chi connectivity index (χ3v) is 6.39. The first kappa shape index (κ1) is 16.0. The van der Waals surface area contributed by atoms with Crippen molar-refractivity contribution in [2.45, 2.75) is 70.9 Å². The first-order chi connectivity index (χ1) is 9.66. The largest absolute Gasteiger partial charge is 0.326 e. The van der Waals surface area contributed by atoms with E-state index in [1.807, 2.05) is 11.3 Å². The lowest BCUT2D eigenvalue weighted by Crippen LogP contribution is -2.59. The molecule has 0 saturated carbocycles. The molecule has 1 unspecified atom stereocenters. The average Bonchev–Trinajstić information content (AvgIpc) is 3.12. The number of thiophene rings is 1.